The fourth-order valence-corrected chi connectivity index (χ4v) is 4.63. The summed E-state index contributed by atoms with van der Waals surface area (Å²) in [6.07, 6.45) is 0. The van der Waals surface area contributed by atoms with Crippen LogP contribution >= 0.6 is 58.2 Å². The molecule has 0 spiro atoms. The first kappa shape index (κ1) is 11.0. The van der Waals surface area contributed by atoms with Crippen LogP contribution in [-0.4, -0.2) is 4.90 Å². The zero-order valence-electron chi connectivity index (χ0n) is 4.91. The van der Waals surface area contributed by atoms with Crippen LogP contribution in [0.2, 0.25) is 0 Å². The van der Waals surface area contributed by atoms with Crippen LogP contribution in [0.5, 0.6) is 0 Å². The van der Waals surface area contributed by atoms with Gasteiger partial charge in [0, 0.05) is 0 Å². The van der Waals surface area contributed by atoms with E-state index in [0.717, 1.165) is 0 Å². The van der Waals surface area contributed by atoms with E-state index in [1.165, 1.54) is 0 Å². The first-order valence-corrected chi connectivity index (χ1v) is 8.43. The van der Waals surface area contributed by atoms with E-state index in [1.807, 2.05) is 13.8 Å². The van der Waals surface area contributed by atoms with Gasteiger partial charge in [-0.2, -0.15) is 0 Å². The molecule has 0 saturated heterocycles. The fraction of sp³-hybridized carbons (Fsp3) is 1.00. The van der Waals surface area contributed by atoms with Crippen molar-refractivity contribution in [2.75, 3.05) is 0 Å². The molecule has 0 aliphatic carbocycles. The standard InChI is InChI=1S/C3H6Cl4P2/c1-3(2,8(4)5)9(6)7/h1-2H3. The molecular formula is C3H6Cl4P2. The van der Waals surface area contributed by atoms with Gasteiger partial charge in [0.05, 0.1) is 18.2 Å². The number of halogens is 4. The predicted molar refractivity (Wildman–Crippen MR) is 51.3 cm³/mol. The number of rotatable bonds is 2. The molecule has 0 unspecified atom stereocenters. The number of hydrogen-bond donors (Lipinski definition) is 0. The molecule has 0 aromatic carbocycles. The molecule has 0 aromatic heterocycles. The van der Waals surface area contributed by atoms with Crippen molar-refractivity contribution in [1.82, 2.24) is 0 Å². The highest BCUT2D eigenvalue weighted by molar-refractivity contribution is 8.18. The molecule has 6 heteroatoms. The molecule has 9 heavy (non-hydrogen) atoms. The summed E-state index contributed by atoms with van der Waals surface area (Å²) in [5.41, 5.74) is 0. The van der Waals surface area contributed by atoms with Gasteiger partial charge in [-0.05, 0) is 13.8 Å². The lowest BCUT2D eigenvalue weighted by molar-refractivity contribution is 1.02. The maximum atomic E-state index is 5.64. The van der Waals surface area contributed by atoms with Crippen LogP contribution in [0.25, 0.3) is 0 Å². The van der Waals surface area contributed by atoms with Crippen molar-refractivity contribution in [3.63, 3.8) is 0 Å². The van der Waals surface area contributed by atoms with Crippen molar-refractivity contribution >= 4 is 58.2 Å². The molecule has 0 rings (SSSR count). The molecule has 0 amide bonds. The van der Waals surface area contributed by atoms with Gasteiger partial charge in [-0.1, -0.05) is 45.0 Å². The first-order valence-electron chi connectivity index (χ1n) is 2.12. The van der Waals surface area contributed by atoms with Crippen molar-refractivity contribution < 1.29 is 0 Å². The molecule has 0 nitrogen and oxygen atoms in total. The summed E-state index contributed by atoms with van der Waals surface area (Å²) in [6.45, 7) is 1.58. The third kappa shape index (κ3) is 3.28. The van der Waals surface area contributed by atoms with Crippen LogP contribution in [0.3, 0.4) is 0 Å². The lowest BCUT2D eigenvalue weighted by Gasteiger charge is -2.25. The monoisotopic (exact) mass is 244 g/mol. The second kappa shape index (κ2) is 4.15. The van der Waals surface area contributed by atoms with Gasteiger partial charge in [0.15, 0.2) is 0 Å². The Morgan fingerprint density at radius 3 is 1.11 bits per heavy atom. The van der Waals surface area contributed by atoms with Gasteiger partial charge >= 0.3 is 0 Å². The fourth-order valence-electron chi connectivity index (χ4n) is 0.0571. The molecule has 0 radical (unpaired) electrons. The Bertz CT molecular complexity index is 81.8. The summed E-state index contributed by atoms with van der Waals surface area (Å²) in [4.78, 5) is -0.309. The maximum Gasteiger partial charge on any atom is 0.0979 e. The van der Waals surface area contributed by atoms with E-state index in [9.17, 15) is 0 Å². The minimum Gasteiger partial charge on any atom is -0.0770 e. The minimum atomic E-state index is -1.07. The third-order valence-electron chi connectivity index (χ3n) is 0.827. The second-order valence-corrected chi connectivity index (χ2v) is 10.6. The molecule has 0 fully saturated rings. The summed E-state index contributed by atoms with van der Waals surface area (Å²) in [7, 11) is 0. The Balaban J connectivity index is 4.01. The highest BCUT2D eigenvalue weighted by Crippen LogP contribution is 2.75. The van der Waals surface area contributed by atoms with Crippen molar-refractivity contribution in [3.05, 3.63) is 0 Å². The van der Waals surface area contributed by atoms with E-state index in [2.05, 4.69) is 0 Å². The largest absolute Gasteiger partial charge is 0.0979 e. The molecule has 0 heterocycles. The molecule has 0 N–H and O–H groups in total. The van der Waals surface area contributed by atoms with E-state index in [4.69, 9.17) is 45.0 Å². The van der Waals surface area contributed by atoms with Crippen molar-refractivity contribution in [3.8, 4) is 0 Å². The maximum absolute atomic E-state index is 5.64. The van der Waals surface area contributed by atoms with Crippen molar-refractivity contribution in [2.24, 2.45) is 0 Å². The highest BCUT2D eigenvalue weighted by atomic mass is 35.9. The lowest BCUT2D eigenvalue weighted by Crippen LogP contribution is -2.04. The van der Waals surface area contributed by atoms with Gasteiger partial charge in [-0.3, -0.25) is 0 Å². The lowest BCUT2D eigenvalue weighted by atomic mass is 10.5. The molecule has 0 saturated carbocycles. The topological polar surface area (TPSA) is 0 Å². The van der Waals surface area contributed by atoms with Gasteiger partial charge in [-0.15, -0.1) is 0 Å². The number of hydrogen-bond acceptors (Lipinski definition) is 0. The molecule has 0 bridgehead atoms. The highest BCUT2D eigenvalue weighted by Gasteiger charge is 2.33. The Labute approximate surface area is 76.9 Å². The van der Waals surface area contributed by atoms with Crippen molar-refractivity contribution in [1.29, 1.82) is 0 Å². The summed E-state index contributed by atoms with van der Waals surface area (Å²) >= 11 is 22.6. The van der Waals surface area contributed by atoms with Crippen LogP contribution in [0.4, 0.5) is 0 Å². The Morgan fingerprint density at radius 1 is 0.889 bits per heavy atom. The zero-order chi connectivity index (χ0) is 7.65. The minimum absolute atomic E-state index is 0.309. The van der Waals surface area contributed by atoms with Crippen LogP contribution in [-0.2, 0) is 0 Å². The van der Waals surface area contributed by atoms with Crippen molar-refractivity contribution in [2.45, 2.75) is 18.7 Å². The third-order valence-corrected chi connectivity index (χ3v) is 10.2. The first-order chi connectivity index (χ1) is 3.89. The molecule has 0 aromatic rings. The predicted octanol–water partition coefficient (Wildman–Crippen LogP) is 5.30. The van der Waals surface area contributed by atoms with Crippen LogP contribution in [0.1, 0.15) is 13.8 Å². The molecule has 56 valence electrons. The van der Waals surface area contributed by atoms with E-state index >= 15 is 0 Å². The Kier molecular flexibility index (Phi) is 5.08. The summed E-state index contributed by atoms with van der Waals surface area (Å²) in [6, 6.07) is 0. The van der Waals surface area contributed by atoms with Gasteiger partial charge in [0.1, 0.15) is 0 Å². The SMILES string of the molecule is CC(C)(P(Cl)Cl)P(Cl)Cl. The van der Waals surface area contributed by atoms with Crippen LogP contribution in [0, 0.1) is 0 Å². The van der Waals surface area contributed by atoms with E-state index < -0.39 is 13.3 Å². The van der Waals surface area contributed by atoms with E-state index in [0.29, 0.717) is 0 Å². The Morgan fingerprint density at radius 2 is 1.11 bits per heavy atom. The Hall–Kier alpha value is 2.02. The van der Waals surface area contributed by atoms with E-state index in [1.54, 1.807) is 0 Å². The molecule has 0 aliphatic heterocycles. The van der Waals surface area contributed by atoms with Gasteiger partial charge < -0.3 is 0 Å². The second-order valence-electron chi connectivity index (χ2n) is 1.96. The normalized spacial score (nSPS) is 13.3. The van der Waals surface area contributed by atoms with Gasteiger partial charge in [0.25, 0.3) is 0 Å². The summed E-state index contributed by atoms with van der Waals surface area (Å²) in [5.74, 6) is 0. The van der Waals surface area contributed by atoms with Gasteiger partial charge in [-0.25, -0.2) is 0 Å². The van der Waals surface area contributed by atoms with Crippen LogP contribution < -0.4 is 0 Å². The smallest absolute Gasteiger partial charge is 0.0770 e. The zero-order valence-corrected chi connectivity index (χ0v) is 9.72. The van der Waals surface area contributed by atoms with Crippen LogP contribution in [0.15, 0.2) is 0 Å². The quantitative estimate of drug-likeness (QED) is 0.579. The molecular weight excluding hydrogens is 240 g/mol. The average Bonchev–Trinajstić information content (AvgIpc) is 1.65. The summed E-state index contributed by atoms with van der Waals surface area (Å²) < 4.78 is 0. The molecule has 0 aliphatic rings. The molecule has 0 atom stereocenters. The summed E-state index contributed by atoms with van der Waals surface area (Å²) in [5, 5.41) is 0. The van der Waals surface area contributed by atoms with Gasteiger partial charge in [0.2, 0.25) is 0 Å². The van der Waals surface area contributed by atoms with E-state index in [-0.39, 0.29) is 4.90 Å². The average molecular weight is 246 g/mol.